The van der Waals surface area contributed by atoms with Crippen molar-refractivity contribution >= 4 is 18.6 Å². The molecular formula is C15H18BNO5. The van der Waals surface area contributed by atoms with Crippen LogP contribution < -0.4 is 11.0 Å². The molecule has 0 bridgehead atoms. The predicted octanol–water partition coefficient (Wildman–Crippen LogP) is 1.20. The zero-order chi connectivity index (χ0) is 16.3. The van der Waals surface area contributed by atoms with E-state index < -0.39 is 18.6 Å². The summed E-state index contributed by atoms with van der Waals surface area (Å²) >= 11 is 0. The summed E-state index contributed by atoms with van der Waals surface area (Å²) in [7, 11) is -0.767. The molecule has 1 fully saturated rings. The van der Waals surface area contributed by atoms with Crippen molar-refractivity contribution in [2.45, 2.75) is 26.8 Å². The van der Waals surface area contributed by atoms with Gasteiger partial charge < -0.3 is 18.6 Å². The van der Waals surface area contributed by atoms with E-state index in [9.17, 15) is 9.59 Å². The van der Waals surface area contributed by atoms with Gasteiger partial charge in [-0.2, -0.15) is 0 Å². The first-order chi connectivity index (χ1) is 10.5. The third-order valence-corrected chi connectivity index (χ3v) is 3.19. The van der Waals surface area contributed by atoms with E-state index in [0.29, 0.717) is 29.9 Å². The lowest BCUT2D eigenvalue weighted by atomic mass is 9.80. The average molecular weight is 303 g/mol. The summed E-state index contributed by atoms with van der Waals surface area (Å²) in [5, 5.41) is 0. The van der Waals surface area contributed by atoms with Gasteiger partial charge in [0.2, 0.25) is 0 Å². The molecule has 0 N–H and O–H groups in total. The number of nitrogens with zero attached hydrogens (tertiary/aromatic N) is 1. The monoisotopic (exact) mass is 303 g/mol. The highest BCUT2D eigenvalue weighted by Gasteiger charge is 2.36. The van der Waals surface area contributed by atoms with E-state index in [0.717, 1.165) is 0 Å². The maximum Gasteiger partial charge on any atom is 0.634 e. The molecular weight excluding hydrogens is 285 g/mol. The van der Waals surface area contributed by atoms with E-state index in [1.165, 1.54) is 10.6 Å². The molecule has 1 aromatic heterocycles. The zero-order valence-corrected chi connectivity index (χ0v) is 12.8. The molecule has 116 valence electrons. The van der Waals surface area contributed by atoms with Gasteiger partial charge in [-0.05, 0) is 19.4 Å². The van der Waals surface area contributed by atoms with Crippen LogP contribution in [0, 0.1) is 0 Å². The predicted molar refractivity (Wildman–Crippen MR) is 82.8 cm³/mol. The van der Waals surface area contributed by atoms with Crippen LogP contribution in [-0.2, 0) is 20.6 Å². The van der Waals surface area contributed by atoms with Gasteiger partial charge in [0.05, 0.1) is 6.61 Å². The number of carbonyl (C=O) groups is 1. The van der Waals surface area contributed by atoms with Crippen LogP contribution in [0.5, 0.6) is 0 Å². The topological polar surface area (TPSA) is 66.8 Å². The third kappa shape index (κ3) is 3.08. The lowest BCUT2D eigenvalue weighted by Crippen LogP contribution is -2.38. The SMILES string of the molecule is C=C1OB(c2cc(C(=O)OCCC)c(=O)n(CC)c2)OC1=C. The van der Waals surface area contributed by atoms with E-state index >= 15 is 0 Å². The lowest BCUT2D eigenvalue weighted by Gasteiger charge is -2.11. The minimum Gasteiger partial charge on any atom is -0.520 e. The molecule has 2 rings (SSSR count). The van der Waals surface area contributed by atoms with E-state index in [4.69, 9.17) is 14.0 Å². The van der Waals surface area contributed by atoms with Gasteiger partial charge in [0.25, 0.3) is 5.56 Å². The average Bonchev–Trinajstić information content (AvgIpc) is 2.84. The number of hydrogen-bond donors (Lipinski definition) is 0. The Labute approximate surface area is 129 Å². The molecule has 0 aliphatic carbocycles. The Morgan fingerprint density at radius 2 is 1.95 bits per heavy atom. The Kier molecular flexibility index (Phi) is 4.75. The summed E-state index contributed by atoms with van der Waals surface area (Å²) in [4.78, 5) is 24.3. The number of carbonyl (C=O) groups excluding carboxylic acids is 1. The van der Waals surface area contributed by atoms with Crippen LogP contribution in [0.25, 0.3) is 0 Å². The van der Waals surface area contributed by atoms with Gasteiger partial charge in [0.15, 0.2) is 0 Å². The molecule has 22 heavy (non-hydrogen) atoms. The van der Waals surface area contributed by atoms with Gasteiger partial charge in [-0.1, -0.05) is 20.1 Å². The number of esters is 1. The molecule has 0 atom stereocenters. The van der Waals surface area contributed by atoms with Crippen molar-refractivity contribution in [3.05, 3.63) is 52.9 Å². The van der Waals surface area contributed by atoms with Crippen LogP contribution in [0.4, 0.5) is 0 Å². The fraction of sp³-hybridized carbons (Fsp3) is 0.333. The number of rotatable bonds is 5. The van der Waals surface area contributed by atoms with Gasteiger partial charge in [0, 0.05) is 18.2 Å². The summed E-state index contributed by atoms with van der Waals surface area (Å²) in [5.74, 6) is 0.00951. The molecule has 0 amide bonds. The molecule has 0 spiro atoms. The van der Waals surface area contributed by atoms with Crippen molar-refractivity contribution < 1.29 is 18.8 Å². The van der Waals surface area contributed by atoms with Gasteiger partial charge in [-0.15, -0.1) is 0 Å². The van der Waals surface area contributed by atoms with Crippen LogP contribution in [0.2, 0.25) is 0 Å². The minimum absolute atomic E-state index is 0.0388. The third-order valence-electron chi connectivity index (χ3n) is 3.19. The summed E-state index contributed by atoms with van der Waals surface area (Å²) < 4.78 is 17.3. The number of pyridine rings is 1. The normalized spacial score (nSPS) is 13.8. The molecule has 1 aliphatic heterocycles. The van der Waals surface area contributed by atoms with Crippen molar-refractivity contribution in [1.82, 2.24) is 4.57 Å². The standard InChI is InChI=1S/C15H18BNO5/c1-5-7-20-15(19)13-8-12(9-17(6-2)14(13)18)16-21-10(3)11(4)22-16/h8-9H,3-7H2,1-2H3. The zero-order valence-electron chi connectivity index (χ0n) is 12.8. The van der Waals surface area contributed by atoms with Crippen molar-refractivity contribution in [3.63, 3.8) is 0 Å². The number of hydrogen-bond acceptors (Lipinski definition) is 5. The van der Waals surface area contributed by atoms with Crippen molar-refractivity contribution in [2.24, 2.45) is 0 Å². The van der Waals surface area contributed by atoms with Crippen LogP contribution >= 0.6 is 0 Å². The first-order valence-electron chi connectivity index (χ1n) is 7.10. The molecule has 7 heteroatoms. The molecule has 6 nitrogen and oxygen atoms in total. The molecule has 2 heterocycles. The fourth-order valence-corrected chi connectivity index (χ4v) is 1.99. The number of aryl methyl sites for hydroxylation is 1. The maximum atomic E-state index is 12.2. The van der Waals surface area contributed by atoms with Crippen LogP contribution in [0.3, 0.4) is 0 Å². The van der Waals surface area contributed by atoms with Crippen molar-refractivity contribution in [1.29, 1.82) is 0 Å². The van der Waals surface area contributed by atoms with Crippen LogP contribution in [-0.4, -0.2) is 24.3 Å². The first-order valence-corrected chi connectivity index (χ1v) is 7.10. The molecule has 1 aromatic rings. The molecule has 0 saturated carbocycles. The van der Waals surface area contributed by atoms with Crippen molar-refractivity contribution in [3.8, 4) is 0 Å². The number of aromatic nitrogens is 1. The Bertz CT molecular complexity index is 663. The summed E-state index contributed by atoms with van der Waals surface area (Å²) in [6.07, 6.45) is 2.28. The quantitative estimate of drug-likeness (QED) is 0.604. The molecule has 1 saturated heterocycles. The molecule has 0 aromatic carbocycles. The van der Waals surface area contributed by atoms with E-state index in [-0.39, 0.29) is 12.2 Å². The Balaban J connectivity index is 2.40. The number of ether oxygens (including phenoxy) is 1. The summed E-state index contributed by atoms with van der Waals surface area (Å²) in [6.45, 7) is 11.7. The smallest absolute Gasteiger partial charge is 0.520 e. The minimum atomic E-state index is -0.767. The van der Waals surface area contributed by atoms with Crippen LogP contribution in [0.15, 0.2) is 41.7 Å². The van der Waals surface area contributed by atoms with E-state index in [2.05, 4.69) is 13.2 Å². The fourth-order valence-electron chi connectivity index (χ4n) is 1.99. The van der Waals surface area contributed by atoms with Crippen LogP contribution in [0.1, 0.15) is 30.6 Å². The second kappa shape index (κ2) is 6.55. The van der Waals surface area contributed by atoms with Gasteiger partial charge in [-0.25, -0.2) is 4.79 Å². The Morgan fingerprint density at radius 3 is 2.50 bits per heavy atom. The van der Waals surface area contributed by atoms with Gasteiger partial charge in [-0.3, -0.25) is 4.79 Å². The summed E-state index contributed by atoms with van der Waals surface area (Å²) in [6, 6.07) is 1.43. The Hall–Kier alpha value is -2.44. The highest BCUT2D eigenvalue weighted by Crippen LogP contribution is 2.20. The molecule has 0 radical (unpaired) electrons. The van der Waals surface area contributed by atoms with E-state index in [1.54, 1.807) is 13.1 Å². The van der Waals surface area contributed by atoms with Gasteiger partial charge >= 0.3 is 13.1 Å². The van der Waals surface area contributed by atoms with Crippen molar-refractivity contribution in [2.75, 3.05) is 6.61 Å². The summed E-state index contributed by atoms with van der Waals surface area (Å²) in [5.41, 5.74) is 0.0934. The first kappa shape index (κ1) is 15.9. The second-order valence-corrected chi connectivity index (χ2v) is 4.83. The van der Waals surface area contributed by atoms with E-state index in [1.807, 2.05) is 6.92 Å². The highest BCUT2D eigenvalue weighted by atomic mass is 16.6. The van der Waals surface area contributed by atoms with Gasteiger partial charge in [0.1, 0.15) is 17.1 Å². The molecule has 1 aliphatic rings. The largest absolute Gasteiger partial charge is 0.634 e. The lowest BCUT2D eigenvalue weighted by molar-refractivity contribution is 0.0502. The Morgan fingerprint density at radius 1 is 1.32 bits per heavy atom. The maximum absolute atomic E-state index is 12.2. The highest BCUT2D eigenvalue weighted by molar-refractivity contribution is 6.62. The second-order valence-electron chi connectivity index (χ2n) is 4.83. The molecule has 0 unspecified atom stereocenters.